The van der Waals surface area contributed by atoms with Gasteiger partial charge in [0.05, 0.1) is 11.3 Å². The number of carbonyl (C=O) groups is 3. The van der Waals surface area contributed by atoms with Gasteiger partial charge in [-0.15, -0.1) is 0 Å². The average Bonchev–Trinajstić information content (AvgIpc) is 2.46. The summed E-state index contributed by atoms with van der Waals surface area (Å²) in [6.45, 7) is 1.77. The molecule has 0 heterocycles. The molecule has 21 heavy (non-hydrogen) atoms. The summed E-state index contributed by atoms with van der Waals surface area (Å²) in [5, 5.41) is 13.4. The summed E-state index contributed by atoms with van der Waals surface area (Å²) in [5.41, 5.74) is -0.372. The van der Waals surface area contributed by atoms with Crippen LogP contribution in [0.3, 0.4) is 0 Å². The summed E-state index contributed by atoms with van der Waals surface area (Å²) in [7, 11) is 1.44. The van der Waals surface area contributed by atoms with Gasteiger partial charge in [0.15, 0.2) is 0 Å². The SMILES string of the molecule is CCN(CC(=O)NC)C(=O)Nc1ccc(C(=O)O)cc1F. The number of carbonyl (C=O) groups excluding carboxylic acids is 2. The van der Waals surface area contributed by atoms with Gasteiger partial charge in [0.2, 0.25) is 5.91 Å². The second kappa shape index (κ2) is 7.22. The van der Waals surface area contributed by atoms with Crippen LogP contribution in [0.2, 0.25) is 0 Å². The first-order valence-corrected chi connectivity index (χ1v) is 6.18. The van der Waals surface area contributed by atoms with Crippen LogP contribution >= 0.6 is 0 Å². The molecular weight excluding hydrogens is 281 g/mol. The van der Waals surface area contributed by atoms with Gasteiger partial charge in [0.25, 0.3) is 0 Å². The maximum absolute atomic E-state index is 13.7. The minimum atomic E-state index is -1.26. The van der Waals surface area contributed by atoms with Gasteiger partial charge in [-0.2, -0.15) is 0 Å². The largest absolute Gasteiger partial charge is 0.478 e. The highest BCUT2D eigenvalue weighted by molar-refractivity contribution is 5.93. The first-order valence-electron chi connectivity index (χ1n) is 6.18. The molecule has 1 aromatic carbocycles. The number of benzene rings is 1. The number of nitrogens with zero attached hydrogens (tertiary/aromatic N) is 1. The lowest BCUT2D eigenvalue weighted by Gasteiger charge is -2.20. The zero-order valence-corrected chi connectivity index (χ0v) is 11.6. The fraction of sp³-hybridized carbons (Fsp3) is 0.308. The van der Waals surface area contributed by atoms with Crippen LogP contribution in [0.4, 0.5) is 14.9 Å². The van der Waals surface area contributed by atoms with E-state index in [0.717, 1.165) is 12.1 Å². The van der Waals surface area contributed by atoms with Gasteiger partial charge in [-0.05, 0) is 25.1 Å². The van der Waals surface area contributed by atoms with Crippen LogP contribution in [0.25, 0.3) is 0 Å². The van der Waals surface area contributed by atoms with Crippen molar-refractivity contribution in [2.45, 2.75) is 6.92 Å². The van der Waals surface area contributed by atoms with E-state index in [2.05, 4.69) is 10.6 Å². The molecule has 0 bridgehead atoms. The number of nitrogens with one attached hydrogen (secondary N) is 2. The maximum Gasteiger partial charge on any atom is 0.335 e. The normalized spacial score (nSPS) is 9.86. The molecule has 8 heteroatoms. The highest BCUT2D eigenvalue weighted by Gasteiger charge is 2.17. The highest BCUT2D eigenvalue weighted by atomic mass is 19.1. The number of hydrogen-bond donors (Lipinski definition) is 3. The van der Waals surface area contributed by atoms with Crippen molar-refractivity contribution in [2.24, 2.45) is 0 Å². The molecule has 0 aromatic heterocycles. The molecule has 0 fully saturated rings. The first-order chi connectivity index (χ1) is 9.88. The van der Waals surface area contributed by atoms with E-state index in [0.29, 0.717) is 0 Å². The molecule has 0 aliphatic heterocycles. The fourth-order valence-electron chi connectivity index (χ4n) is 1.52. The van der Waals surface area contributed by atoms with Gasteiger partial charge < -0.3 is 20.6 Å². The van der Waals surface area contributed by atoms with Crippen molar-refractivity contribution in [3.63, 3.8) is 0 Å². The number of aromatic carboxylic acids is 1. The van der Waals surface area contributed by atoms with E-state index < -0.39 is 17.8 Å². The van der Waals surface area contributed by atoms with Crippen molar-refractivity contribution >= 4 is 23.6 Å². The number of carboxylic acids is 1. The van der Waals surface area contributed by atoms with Crippen molar-refractivity contribution in [3.05, 3.63) is 29.6 Å². The second-order valence-corrected chi connectivity index (χ2v) is 4.12. The van der Waals surface area contributed by atoms with Crippen LogP contribution in [-0.2, 0) is 4.79 Å². The van der Waals surface area contributed by atoms with Gasteiger partial charge >= 0.3 is 12.0 Å². The fourth-order valence-corrected chi connectivity index (χ4v) is 1.52. The number of likely N-dealkylation sites (N-methyl/N-ethyl adjacent to an activating group) is 2. The van der Waals surface area contributed by atoms with Crippen molar-refractivity contribution < 1.29 is 23.9 Å². The predicted octanol–water partition coefficient (Wildman–Crippen LogP) is 1.12. The van der Waals surface area contributed by atoms with E-state index >= 15 is 0 Å². The Morgan fingerprint density at radius 3 is 2.48 bits per heavy atom. The van der Waals surface area contributed by atoms with E-state index in [1.165, 1.54) is 18.0 Å². The number of halogens is 1. The van der Waals surface area contributed by atoms with Gasteiger partial charge in [-0.25, -0.2) is 14.0 Å². The number of anilines is 1. The van der Waals surface area contributed by atoms with Crippen molar-refractivity contribution in [3.8, 4) is 0 Å². The maximum atomic E-state index is 13.7. The Labute approximate surface area is 120 Å². The summed E-state index contributed by atoms with van der Waals surface area (Å²) in [4.78, 5) is 35.0. The van der Waals surface area contributed by atoms with Crippen LogP contribution in [0, 0.1) is 5.82 Å². The van der Waals surface area contributed by atoms with Crippen LogP contribution < -0.4 is 10.6 Å². The van der Waals surface area contributed by atoms with Crippen LogP contribution in [0.5, 0.6) is 0 Å². The Balaban J connectivity index is 2.82. The smallest absolute Gasteiger partial charge is 0.335 e. The van der Waals surface area contributed by atoms with Gasteiger partial charge in [0.1, 0.15) is 12.4 Å². The number of urea groups is 1. The molecule has 1 rings (SSSR count). The summed E-state index contributed by atoms with van der Waals surface area (Å²) in [6, 6.07) is 2.50. The molecule has 7 nitrogen and oxygen atoms in total. The van der Waals surface area contributed by atoms with Crippen LogP contribution in [0.1, 0.15) is 17.3 Å². The van der Waals surface area contributed by atoms with E-state index in [4.69, 9.17) is 5.11 Å². The third kappa shape index (κ3) is 4.44. The van der Waals surface area contributed by atoms with Crippen molar-refractivity contribution in [1.29, 1.82) is 0 Å². The number of rotatable bonds is 5. The molecule has 0 saturated carbocycles. The third-order valence-corrected chi connectivity index (χ3v) is 2.74. The zero-order chi connectivity index (χ0) is 16.0. The Morgan fingerprint density at radius 1 is 1.33 bits per heavy atom. The lowest BCUT2D eigenvalue weighted by atomic mass is 10.2. The molecule has 3 N–H and O–H groups in total. The van der Waals surface area contributed by atoms with Crippen molar-refractivity contribution in [2.75, 3.05) is 25.5 Å². The Morgan fingerprint density at radius 2 is 2.00 bits per heavy atom. The third-order valence-electron chi connectivity index (χ3n) is 2.74. The molecule has 0 unspecified atom stereocenters. The standard InChI is InChI=1S/C13H16FN3O4/c1-3-17(7-11(18)15-2)13(21)16-10-5-4-8(12(19)20)6-9(10)14/h4-6H,3,7H2,1-2H3,(H,15,18)(H,16,21)(H,19,20). The quantitative estimate of drug-likeness (QED) is 0.758. The molecule has 0 atom stereocenters. The highest BCUT2D eigenvalue weighted by Crippen LogP contribution is 2.16. The van der Waals surface area contributed by atoms with E-state index in [-0.39, 0.29) is 30.2 Å². The number of hydrogen-bond acceptors (Lipinski definition) is 3. The molecular formula is C13H16FN3O4. The first kappa shape index (κ1) is 16.4. The van der Waals surface area contributed by atoms with Gasteiger partial charge in [0, 0.05) is 13.6 Å². The van der Waals surface area contributed by atoms with E-state index in [1.54, 1.807) is 6.92 Å². The topological polar surface area (TPSA) is 98.7 Å². The Kier molecular flexibility index (Phi) is 5.65. The Bertz CT molecular complexity index is 562. The molecule has 1 aromatic rings. The molecule has 3 amide bonds. The molecule has 0 aliphatic carbocycles. The Hall–Kier alpha value is -2.64. The zero-order valence-electron chi connectivity index (χ0n) is 11.6. The van der Waals surface area contributed by atoms with Crippen molar-refractivity contribution in [1.82, 2.24) is 10.2 Å². The average molecular weight is 297 g/mol. The minimum absolute atomic E-state index is 0.152. The van der Waals surface area contributed by atoms with E-state index in [9.17, 15) is 18.8 Å². The van der Waals surface area contributed by atoms with E-state index in [1.807, 2.05) is 0 Å². The predicted molar refractivity (Wildman–Crippen MR) is 73.7 cm³/mol. The van der Waals surface area contributed by atoms with Gasteiger partial charge in [-0.1, -0.05) is 0 Å². The van der Waals surface area contributed by atoms with Gasteiger partial charge in [-0.3, -0.25) is 4.79 Å². The summed E-state index contributed by atoms with van der Waals surface area (Å²) in [5.74, 6) is -2.48. The molecule has 0 radical (unpaired) electrons. The number of amides is 3. The summed E-state index contributed by atoms with van der Waals surface area (Å²) < 4.78 is 13.7. The number of carboxylic acid groups (broad SMARTS) is 1. The molecule has 0 spiro atoms. The minimum Gasteiger partial charge on any atom is -0.478 e. The van der Waals surface area contributed by atoms with Crippen LogP contribution in [-0.4, -0.2) is 48.1 Å². The summed E-state index contributed by atoms with van der Waals surface area (Å²) in [6.07, 6.45) is 0. The van der Waals surface area contributed by atoms with Crippen LogP contribution in [0.15, 0.2) is 18.2 Å². The summed E-state index contributed by atoms with van der Waals surface area (Å²) >= 11 is 0. The lowest BCUT2D eigenvalue weighted by molar-refractivity contribution is -0.121. The molecule has 114 valence electrons. The second-order valence-electron chi connectivity index (χ2n) is 4.12. The molecule has 0 aliphatic rings. The lowest BCUT2D eigenvalue weighted by Crippen LogP contribution is -2.41. The molecule has 0 saturated heterocycles. The monoisotopic (exact) mass is 297 g/mol.